The van der Waals surface area contributed by atoms with E-state index in [1.165, 1.54) is 17.8 Å². The molecule has 0 amide bonds. The summed E-state index contributed by atoms with van der Waals surface area (Å²) in [5.74, 6) is -0.873. The van der Waals surface area contributed by atoms with Gasteiger partial charge in [0.1, 0.15) is 35.6 Å². The molecule has 136 valence electrons. The van der Waals surface area contributed by atoms with Crippen LogP contribution in [0.2, 0.25) is 0 Å². The fraction of sp³-hybridized carbons (Fsp3) is 0.105. The SMILES string of the molecule is CSc1nc(-c2ccc(OCc3ccc(F)cc3F)cc2)c(C#N)c(=O)[nH]1. The highest BCUT2D eigenvalue weighted by Crippen LogP contribution is 2.24. The second kappa shape index (κ2) is 8.01. The van der Waals surface area contributed by atoms with E-state index in [1.807, 2.05) is 6.07 Å². The molecule has 8 heteroatoms. The van der Waals surface area contributed by atoms with Crippen LogP contribution in [0.25, 0.3) is 11.3 Å². The van der Waals surface area contributed by atoms with E-state index in [1.54, 1.807) is 30.5 Å². The van der Waals surface area contributed by atoms with Crippen molar-refractivity contribution in [1.82, 2.24) is 9.97 Å². The fourth-order valence-electron chi connectivity index (χ4n) is 2.37. The normalized spacial score (nSPS) is 10.4. The lowest BCUT2D eigenvalue weighted by molar-refractivity contribution is 0.299. The molecule has 3 rings (SSSR count). The largest absolute Gasteiger partial charge is 0.489 e. The number of benzene rings is 2. The number of rotatable bonds is 5. The summed E-state index contributed by atoms with van der Waals surface area (Å²) in [4.78, 5) is 18.8. The van der Waals surface area contributed by atoms with Gasteiger partial charge in [0.05, 0.1) is 5.69 Å². The third kappa shape index (κ3) is 4.15. The Morgan fingerprint density at radius 2 is 1.96 bits per heavy atom. The van der Waals surface area contributed by atoms with Crippen molar-refractivity contribution in [2.24, 2.45) is 0 Å². The molecule has 0 spiro atoms. The molecule has 2 aromatic carbocycles. The number of aromatic nitrogens is 2. The van der Waals surface area contributed by atoms with Crippen LogP contribution in [0.5, 0.6) is 5.75 Å². The standard InChI is InChI=1S/C19H13F2N3O2S/c1-27-19-23-17(15(9-22)18(25)24-19)11-3-6-14(7-4-11)26-10-12-2-5-13(20)8-16(12)21/h2-8H,10H2,1H3,(H,23,24,25). The lowest BCUT2D eigenvalue weighted by Gasteiger charge is -2.09. The summed E-state index contributed by atoms with van der Waals surface area (Å²) in [6.45, 7) is -0.0607. The van der Waals surface area contributed by atoms with Crippen molar-refractivity contribution >= 4 is 11.8 Å². The number of thioether (sulfide) groups is 1. The summed E-state index contributed by atoms with van der Waals surface area (Å²) in [5, 5.41) is 9.63. The van der Waals surface area contributed by atoms with Crippen LogP contribution in [0.3, 0.4) is 0 Å². The topological polar surface area (TPSA) is 78.8 Å². The van der Waals surface area contributed by atoms with E-state index in [-0.39, 0.29) is 23.4 Å². The van der Waals surface area contributed by atoms with E-state index in [0.29, 0.717) is 16.5 Å². The quantitative estimate of drug-likeness (QED) is 0.533. The molecule has 1 heterocycles. The van der Waals surface area contributed by atoms with E-state index in [0.717, 1.165) is 12.1 Å². The summed E-state index contributed by atoms with van der Waals surface area (Å²) in [6.07, 6.45) is 1.76. The molecule has 1 N–H and O–H groups in total. The van der Waals surface area contributed by atoms with E-state index in [2.05, 4.69) is 9.97 Å². The molecule has 0 saturated carbocycles. The number of nitrogens with zero attached hydrogens (tertiary/aromatic N) is 2. The highest BCUT2D eigenvalue weighted by molar-refractivity contribution is 7.98. The van der Waals surface area contributed by atoms with Crippen molar-refractivity contribution in [2.45, 2.75) is 11.8 Å². The molecule has 0 aliphatic carbocycles. The average molecular weight is 385 g/mol. The number of H-pyrrole nitrogens is 1. The van der Waals surface area contributed by atoms with Crippen LogP contribution in [0.1, 0.15) is 11.1 Å². The first-order valence-corrected chi connectivity index (χ1v) is 9.00. The predicted octanol–water partition coefficient (Wildman–Crippen LogP) is 3.89. The maximum atomic E-state index is 13.6. The Labute approximate surface area is 157 Å². The molecule has 27 heavy (non-hydrogen) atoms. The maximum Gasteiger partial charge on any atom is 0.270 e. The van der Waals surface area contributed by atoms with E-state index >= 15 is 0 Å². The second-order valence-corrected chi connectivity index (χ2v) is 6.25. The summed E-state index contributed by atoms with van der Waals surface area (Å²) >= 11 is 1.26. The van der Waals surface area contributed by atoms with Gasteiger partial charge in [-0.25, -0.2) is 13.8 Å². The highest BCUT2D eigenvalue weighted by Gasteiger charge is 2.13. The lowest BCUT2D eigenvalue weighted by atomic mass is 10.1. The van der Waals surface area contributed by atoms with Crippen LogP contribution in [0.15, 0.2) is 52.4 Å². The van der Waals surface area contributed by atoms with Crippen molar-refractivity contribution in [3.05, 3.63) is 75.6 Å². The summed E-state index contributed by atoms with van der Waals surface area (Å²) in [5.41, 5.74) is 0.511. The molecule has 0 fully saturated rings. The minimum atomic E-state index is -0.678. The van der Waals surface area contributed by atoms with Gasteiger partial charge in [0.25, 0.3) is 5.56 Å². The van der Waals surface area contributed by atoms with Gasteiger partial charge in [-0.3, -0.25) is 4.79 Å². The third-order valence-electron chi connectivity index (χ3n) is 3.74. The Balaban J connectivity index is 1.83. The van der Waals surface area contributed by atoms with Gasteiger partial charge in [0.15, 0.2) is 5.16 Å². The summed E-state index contributed by atoms with van der Waals surface area (Å²) < 4.78 is 32.1. The van der Waals surface area contributed by atoms with Crippen molar-refractivity contribution in [3.63, 3.8) is 0 Å². The van der Waals surface area contributed by atoms with Crippen LogP contribution in [0.4, 0.5) is 8.78 Å². The molecule has 0 aliphatic heterocycles. The number of nitrogens with one attached hydrogen (secondary N) is 1. The van der Waals surface area contributed by atoms with Crippen LogP contribution < -0.4 is 10.3 Å². The number of hydrogen-bond acceptors (Lipinski definition) is 5. The minimum absolute atomic E-state index is 0.0607. The smallest absolute Gasteiger partial charge is 0.270 e. The Kier molecular flexibility index (Phi) is 5.52. The van der Waals surface area contributed by atoms with Crippen LogP contribution in [-0.2, 0) is 6.61 Å². The summed E-state index contributed by atoms with van der Waals surface area (Å²) in [7, 11) is 0. The van der Waals surface area contributed by atoms with E-state index in [4.69, 9.17) is 4.74 Å². The summed E-state index contributed by atoms with van der Waals surface area (Å²) in [6, 6.07) is 11.7. The van der Waals surface area contributed by atoms with Gasteiger partial charge < -0.3 is 9.72 Å². The molecule has 0 bridgehead atoms. The molecule has 0 unspecified atom stereocenters. The van der Waals surface area contributed by atoms with Crippen molar-refractivity contribution < 1.29 is 13.5 Å². The zero-order valence-electron chi connectivity index (χ0n) is 14.1. The van der Waals surface area contributed by atoms with Crippen molar-refractivity contribution in [3.8, 4) is 23.1 Å². The molecule has 3 aromatic rings. The Hall–Kier alpha value is -3.18. The zero-order valence-corrected chi connectivity index (χ0v) is 14.9. The van der Waals surface area contributed by atoms with Crippen molar-refractivity contribution in [1.29, 1.82) is 5.26 Å². The van der Waals surface area contributed by atoms with Gasteiger partial charge in [-0.2, -0.15) is 5.26 Å². The molecule has 1 aromatic heterocycles. The number of nitriles is 1. The first kappa shape index (κ1) is 18.6. The van der Waals surface area contributed by atoms with Gasteiger partial charge in [0, 0.05) is 17.2 Å². The molecular formula is C19H13F2N3O2S. The maximum absolute atomic E-state index is 13.6. The minimum Gasteiger partial charge on any atom is -0.489 e. The first-order valence-electron chi connectivity index (χ1n) is 7.77. The van der Waals surface area contributed by atoms with Gasteiger partial charge >= 0.3 is 0 Å². The molecular weight excluding hydrogens is 372 g/mol. The van der Waals surface area contributed by atoms with Crippen LogP contribution in [0, 0.1) is 23.0 Å². The second-order valence-electron chi connectivity index (χ2n) is 5.46. The van der Waals surface area contributed by atoms with Crippen LogP contribution >= 0.6 is 11.8 Å². The Morgan fingerprint density at radius 3 is 2.59 bits per heavy atom. The molecule has 0 atom stereocenters. The number of ether oxygens (including phenoxy) is 1. The van der Waals surface area contributed by atoms with Gasteiger partial charge in [0.2, 0.25) is 0 Å². The van der Waals surface area contributed by atoms with Crippen LogP contribution in [-0.4, -0.2) is 16.2 Å². The predicted molar refractivity (Wildman–Crippen MR) is 97.5 cm³/mol. The average Bonchev–Trinajstić information content (AvgIpc) is 2.67. The highest BCUT2D eigenvalue weighted by atomic mass is 32.2. The third-order valence-corrected chi connectivity index (χ3v) is 4.32. The van der Waals surface area contributed by atoms with Gasteiger partial charge in [-0.15, -0.1) is 0 Å². The van der Waals surface area contributed by atoms with E-state index < -0.39 is 17.2 Å². The first-order chi connectivity index (χ1) is 13.0. The molecule has 0 aliphatic rings. The zero-order chi connectivity index (χ0) is 19.4. The van der Waals surface area contributed by atoms with Gasteiger partial charge in [-0.05, 0) is 42.7 Å². The van der Waals surface area contributed by atoms with Crippen molar-refractivity contribution in [2.75, 3.05) is 6.26 Å². The number of hydrogen-bond donors (Lipinski definition) is 1. The molecule has 0 radical (unpaired) electrons. The van der Waals surface area contributed by atoms with E-state index in [9.17, 15) is 18.8 Å². The fourth-order valence-corrected chi connectivity index (χ4v) is 2.75. The lowest BCUT2D eigenvalue weighted by Crippen LogP contribution is -2.14. The molecule has 5 nitrogen and oxygen atoms in total. The number of aromatic amines is 1. The van der Waals surface area contributed by atoms with Gasteiger partial charge in [-0.1, -0.05) is 11.8 Å². The number of halogens is 2. The Morgan fingerprint density at radius 1 is 1.22 bits per heavy atom. The monoisotopic (exact) mass is 385 g/mol. The Bertz CT molecular complexity index is 1080. The molecule has 0 saturated heterocycles.